The topological polar surface area (TPSA) is 80.1 Å². The van der Waals surface area contributed by atoms with Crippen LogP contribution in [-0.4, -0.2) is 53.5 Å². The number of rotatable bonds is 4. The molecule has 20 heavy (non-hydrogen) atoms. The molecule has 7 nitrogen and oxygen atoms in total. The molecule has 9 heteroatoms. The van der Waals surface area contributed by atoms with Gasteiger partial charge in [-0.25, -0.2) is 17.8 Å². The van der Waals surface area contributed by atoms with E-state index in [9.17, 15) is 8.42 Å². The monoisotopic (exact) mass is 363 g/mol. The van der Waals surface area contributed by atoms with Crippen molar-refractivity contribution in [3.8, 4) is 0 Å². The molecule has 0 radical (unpaired) electrons. The number of sulfonamides is 1. The maximum atomic E-state index is 12.4. The summed E-state index contributed by atoms with van der Waals surface area (Å²) in [7, 11) is -2.01. The lowest BCUT2D eigenvalue weighted by Crippen LogP contribution is -2.45. The third kappa shape index (κ3) is 2.90. The van der Waals surface area contributed by atoms with Crippen molar-refractivity contribution in [1.82, 2.24) is 24.6 Å². The van der Waals surface area contributed by atoms with Crippen LogP contribution >= 0.6 is 15.9 Å². The number of aryl methyl sites for hydroxylation is 1. The van der Waals surface area contributed by atoms with Crippen LogP contribution in [0.5, 0.6) is 0 Å². The van der Waals surface area contributed by atoms with Crippen molar-refractivity contribution in [2.75, 3.05) is 13.1 Å². The van der Waals surface area contributed by atoms with Crippen molar-refractivity contribution >= 4 is 26.0 Å². The Bertz CT molecular complexity index is 570. The number of nitrogens with one attached hydrogen (secondary N) is 1. The van der Waals surface area contributed by atoms with E-state index in [1.807, 2.05) is 0 Å². The van der Waals surface area contributed by atoms with Crippen LogP contribution in [0, 0.1) is 0 Å². The van der Waals surface area contributed by atoms with E-state index in [0.29, 0.717) is 0 Å². The van der Waals surface area contributed by atoms with Crippen LogP contribution in [0.25, 0.3) is 0 Å². The molecule has 0 amide bonds. The molecular weight excluding hydrogens is 346 g/mol. The van der Waals surface area contributed by atoms with Crippen molar-refractivity contribution in [3.63, 3.8) is 0 Å². The van der Waals surface area contributed by atoms with Gasteiger partial charge in [0.25, 0.3) is 10.0 Å². The fraction of sp³-hybridized carbons (Fsp3) is 0.818. The molecule has 1 aromatic heterocycles. The molecule has 0 atom stereocenters. The SMILES string of the molecule is Cn1nnc(Br)c1S(=O)(=O)NC1CCN(C2CC2)CC1. The van der Waals surface area contributed by atoms with Crippen molar-refractivity contribution in [1.29, 1.82) is 0 Å². The van der Waals surface area contributed by atoms with E-state index >= 15 is 0 Å². The molecule has 0 bridgehead atoms. The van der Waals surface area contributed by atoms with Gasteiger partial charge in [0.1, 0.15) is 0 Å². The third-order valence-corrected chi connectivity index (χ3v) is 6.31. The zero-order valence-electron chi connectivity index (χ0n) is 11.3. The average Bonchev–Trinajstić information content (AvgIpc) is 3.16. The van der Waals surface area contributed by atoms with Gasteiger partial charge in [0.15, 0.2) is 4.60 Å². The third-order valence-electron chi connectivity index (χ3n) is 3.91. The second-order valence-electron chi connectivity index (χ2n) is 5.47. The highest BCUT2D eigenvalue weighted by Gasteiger charge is 2.34. The highest BCUT2D eigenvalue weighted by atomic mass is 79.9. The Morgan fingerprint density at radius 2 is 1.90 bits per heavy atom. The first-order valence-electron chi connectivity index (χ1n) is 6.79. The zero-order chi connectivity index (χ0) is 14.3. The molecule has 2 aliphatic rings. The Kier molecular flexibility index (Phi) is 3.87. The number of likely N-dealkylation sites (tertiary alicyclic amines) is 1. The molecule has 0 unspecified atom stereocenters. The highest BCUT2D eigenvalue weighted by molar-refractivity contribution is 9.10. The fourth-order valence-electron chi connectivity index (χ4n) is 2.71. The molecule has 1 aliphatic carbocycles. The molecule has 2 fully saturated rings. The van der Waals surface area contributed by atoms with E-state index in [1.54, 1.807) is 7.05 Å². The van der Waals surface area contributed by atoms with Gasteiger partial charge < -0.3 is 4.90 Å². The Morgan fingerprint density at radius 1 is 1.25 bits per heavy atom. The highest BCUT2D eigenvalue weighted by Crippen LogP contribution is 2.29. The summed E-state index contributed by atoms with van der Waals surface area (Å²) in [5.74, 6) is 0. The summed E-state index contributed by atoms with van der Waals surface area (Å²) >= 11 is 3.13. The van der Waals surface area contributed by atoms with Crippen LogP contribution in [0.3, 0.4) is 0 Å². The molecular formula is C11H18BrN5O2S. The van der Waals surface area contributed by atoms with E-state index in [1.165, 1.54) is 17.5 Å². The lowest BCUT2D eigenvalue weighted by molar-refractivity contribution is 0.198. The van der Waals surface area contributed by atoms with Crippen molar-refractivity contribution < 1.29 is 8.42 Å². The predicted octanol–water partition coefficient (Wildman–Crippen LogP) is 0.483. The van der Waals surface area contributed by atoms with Gasteiger partial charge in [-0.15, -0.1) is 5.10 Å². The Balaban J connectivity index is 1.65. The van der Waals surface area contributed by atoms with Crippen molar-refractivity contribution in [2.45, 2.75) is 42.8 Å². The Morgan fingerprint density at radius 3 is 2.40 bits per heavy atom. The zero-order valence-corrected chi connectivity index (χ0v) is 13.7. The summed E-state index contributed by atoms with van der Waals surface area (Å²) < 4.78 is 29.0. The molecule has 1 saturated carbocycles. The van der Waals surface area contributed by atoms with Crippen LogP contribution in [0.1, 0.15) is 25.7 Å². The van der Waals surface area contributed by atoms with Crippen LogP contribution in [0.4, 0.5) is 0 Å². The van der Waals surface area contributed by atoms with E-state index in [4.69, 9.17) is 0 Å². The molecule has 2 heterocycles. The van der Waals surface area contributed by atoms with Gasteiger partial charge in [-0.05, 0) is 54.7 Å². The standard InChI is InChI=1S/C11H18BrN5O2S/c1-16-11(10(12)13-15-16)20(18,19)14-8-4-6-17(7-5-8)9-2-3-9/h8-9,14H,2-7H2,1H3. The van der Waals surface area contributed by atoms with E-state index in [2.05, 4.69) is 35.9 Å². The first-order chi connectivity index (χ1) is 9.47. The first-order valence-corrected chi connectivity index (χ1v) is 9.06. The van der Waals surface area contributed by atoms with E-state index < -0.39 is 10.0 Å². The maximum Gasteiger partial charge on any atom is 0.260 e. The number of hydrogen-bond acceptors (Lipinski definition) is 5. The lowest BCUT2D eigenvalue weighted by atomic mass is 10.1. The summed E-state index contributed by atoms with van der Waals surface area (Å²) in [6.07, 6.45) is 4.31. The second-order valence-corrected chi connectivity index (χ2v) is 7.85. The molecule has 112 valence electrons. The molecule has 3 rings (SSSR count). The summed E-state index contributed by atoms with van der Waals surface area (Å²) in [5.41, 5.74) is 0. The van der Waals surface area contributed by atoms with Gasteiger partial charge in [0.05, 0.1) is 0 Å². The first kappa shape index (κ1) is 14.4. The smallest absolute Gasteiger partial charge is 0.260 e. The van der Waals surface area contributed by atoms with Gasteiger partial charge >= 0.3 is 0 Å². The maximum absolute atomic E-state index is 12.4. The summed E-state index contributed by atoms with van der Waals surface area (Å²) in [5, 5.41) is 7.52. The molecule has 1 saturated heterocycles. The normalized spacial score (nSPS) is 22.3. The summed E-state index contributed by atoms with van der Waals surface area (Å²) in [6, 6.07) is 0.750. The quantitative estimate of drug-likeness (QED) is 0.841. The summed E-state index contributed by atoms with van der Waals surface area (Å²) in [4.78, 5) is 2.46. The Hall–Kier alpha value is -0.510. The minimum Gasteiger partial charge on any atom is -0.300 e. The fourth-order valence-corrected chi connectivity index (χ4v) is 5.11. The number of aromatic nitrogens is 3. The number of nitrogens with zero attached hydrogens (tertiary/aromatic N) is 4. The molecule has 1 aromatic rings. The number of hydrogen-bond donors (Lipinski definition) is 1. The largest absolute Gasteiger partial charge is 0.300 e. The lowest BCUT2D eigenvalue weighted by Gasteiger charge is -2.32. The van der Waals surface area contributed by atoms with Gasteiger partial charge in [0, 0.05) is 19.1 Å². The van der Waals surface area contributed by atoms with Crippen LogP contribution in [0.15, 0.2) is 9.63 Å². The predicted molar refractivity (Wildman–Crippen MR) is 76.6 cm³/mol. The van der Waals surface area contributed by atoms with Crippen molar-refractivity contribution in [3.05, 3.63) is 4.60 Å². The van der Waals surface area contributed by atoms with Gasteiger partial charge in [0.2, 0.25) is 5.03 Å². The van der Waals surface area contributed by atoms with Crippen molar-refractivity contribution in [2.24, 2.45) is 7.05 Å². The van der Waals surface area contributed by atoms with Gasteiger partial charge in [-0.2, -0.15) is 0 Å². The van der Waals surface area contributed by atoms with E-state index in [-0.39, 0.29) is 15.7 Å². The number of piperidine rings is 1. The van der Waals surface area contributed by atoms with Crippen LogP contribution in [-0.2, 0) is 17.1 Å². The second kappa shape index (κ2) is 5.36. The van der Waals surface area contributed by atoms with Crippen LogP contribution < -0.4 is 4.72 Å². The molecule has 0 spiro atoms. The van der Waals surface area contributed by atoms with Gasteiger partial charge in [-0.1, -0.05) is 5.21 Å². The van der Waals surface area contributed by atoms with E-state index in [0.717, 1.165) is 32.0 Å². The Labute approximate surface area is 126 Å². The number of halogens is 1. The molecule has 1 aliphatic heterocycles. The van der Waals surface area contributed by atoms with Crippen LogP contribution in [0.2, 0.25) is 0 Å². The molecule has 0 aromatic carbocycles. The minimum absolute atomic E-state index is 0.00296. The summed E-state index contributed by atoms with van der Waals surface area (Å²) in [6.45, 7) is 1.95. The minimum atomic E-state index is -3.58. The van der Waals surface area contributed by atoms with Gasteiger partial charge in [-0.3, -0.25) is 0 Å². The molecule has 1 N–H and O–H groups in total. The average molecular weight is 364 g/mol.